The molecule has 118 valence electrons. The van der Waals surface area contributed by atoms with E-state index in [1.54, 1.807) is 0 Å². The summed E-state index contributed by atoms with van der Waals surface area (Å²) in [7, 11) is 2.10. The Morgan fingerprint density at radius 2 is 1.68 bits per heavy atom. The molecule has 1 atom stereocenters. The summed E-state index contributed by atoms with van der Waals surface area (Å²) in [4.78, 5) is 2.25. The Bertz CT molecular complexity index is 564. The summed E-state index contributed by atoms with van der Waals surface area (Å²) < 4.78 is 12.3. The molecule has 1 aliphatic rings. The molecule has 0 saturated carbocycles. The summed E-state index contributed by atoms with van der Waals surface area (Å²) in [6, 6.07) is 20.4. The Balaban J connectivity index is 0.00000176. The second-order valence-electron chi connectivity index (χ2n) is 5.48. The number of ether oxygens (including phenoxy) is 2. The van der Waals surface area contributed by atoms with Crippen LogP contribution in [0.2, 0.25) is 0 Å². The lowest BCUT2D eigenvalue weighted by Gasteiger charge is -2.41. The van der Waals surface area contributed by atoms with E-state index < -0.39 is 5.79 Å². The van der Waals surface area contributed by atoms with Gasteiger partial charge in [-0.05, 0) is 12.6 Å². The number of nitrogens with zero attached hydrogens (tertiary/aromatic N) is 1. The highest BCUT2D eigenvalue weighted by Gasteiger charge is 2.38. The van der Waals surface area contributed by atoms with Gasteiger partial charge in [-0.2, -0.15) is 0 Å². The van der Waals surface area contributed by atoms with Crippen molar-refractivity contribution in [3.63, 3.8) is 0 Å². The van der Waals surface area contributed by atoms with Gasteiger partial charge >= 0.3 is 0 Å². The van der Waals surface area contributed by atoms with Crippen LogP contribution >= 0.6 is 12.4 Å². The first-order valence-electron chi connectivity index (χ1n) is 7.34. The third kappa shape index (κ3) is 3.87. The van der Waals surface area contributed by atoms with E-state index in [1.807, 2.05) is 36.4 Å². The molecule has 1 saturated heterocycles. The molecule has 0 aromatic heterocycles. The Labute approximate surface area is 138 Å². The molecule has 4 heteroatoms. The molecule has 1 fully saturated rings. The molecule has 1 aliphatic heterocycles. The molecular weight excluding hydrogens is 298 g/mol. The quantitative estimate of drug-likeness (QED) is 0.861. The van der Waals surface area contributed by atoms with E-state index in [0.717, 1.165) is 24.2 Å². The summed E-state index contributed by atoms with van der Waals surface area (Å²) in [6.45, 7) is 2.90. The molecule has 2 aromatic carbocycles. The molecule has 0 bridgehead atoms. The first-order chi connectivity index (χ1) is 10.3. The first-order valence-corrected chi connectivity index (χ1v) is 7.34. The van der Waals surface area contributed by atoms with Gasteiger partial charge in [-0.3, -0.25) is 4.90 Å². The van der Waals surface area contributed by atoms with E-state index in [2.05, 4.69) is 36.2 Å². The minimum atomic E-state index is -0.676. The largest absolute Gasteiger partial charge is 0.343 e. The lowest BCUT2D eigenvalue weighted by Crippen LogP contribution is -2.49. The van der Waals surface area contributed by atoms with Gasteiger partial charge < -0.3 is 9.47 Å². The van der Waals surface area contributed by atoms with Crippen LogP contribution in [-0.4, -0.2) is 31.6 Å². The minimum absolute atomic E-state index is 0. The molecule has 0 aliphatic carbocycles. The maximum atomic E-state index is 6.25. The molecule has 22 heavy (non-hydrogen) atoms. The molecule has 0 amide bonds. The van der Waals surface area contributed by atoms with Gasteiger partial charge in [-0.25, -0.2) is 0 Å². The monoisotopic (exact) mass is 319 g/mol. The molecule has 0 N–H and O–H groups in total. The van der Waals surface area contributed by atoms with Crippen molar-refractivity contribution in [2.75, 3.05) is 26.7 Å². The molecule has 1 unspecified atom stereocenters. The highest BCUT2D eigenvalue weighted by Crippen LogP contribution is 2.31. The predicted molar refractivity (Wildman–Crippen MR) is 90.0 cm³/mol. The fourth-order valence-corrected chi connectivity index (χ4v) is 2.66. The SMILES string of the molecule is CN1CCOC(OCc2ccccc2)(c2ccccc2)C1.Cl. The van der Waals surface area contributed by atoms with E-state index in [9.17, 15) is 0 Å². The summed E-state index contributed by atoms with van der Waals surface area (Å²) in [5, 5.41) is 0. The van der Waals surface area contributed by atoms with Crippen molar-refractivity contribution in [1.82, 2.24) is 4.90 Å². The van der Waals surface area contributed by atoms with Crippen LogP contribution in [0.15, 0.2) is 60.7 Å². The van der Waals surface area contributed by atoms with E-state index >= 15 is 0 Å². The molecular formula is C18H22ClNO2. The Morgan fingerprint density at radius 1 is 1.05 bits per heavy atom. The summed E-state index contributed by atoms with van der Waals surface area (Å²) in [5.74, 6) is -0.676. The molecule has 3 rings (SSSR count). The van der Waals surface area contributed by atoms with E-state index in [0.29, 0.717) is 13.2 Å². The van der Waals surface area contributed by atoms with Crippen molar-refractivity contribution in [3.8, 4) is 0 Å². The van der Waals surface area contributed by atoms with Gasteiger partial charge in [0.2, 0.25) is 5.79 Å². The molecule has 2 aromatic rings. The zero-order chi connectivity index (χ0) is 14.5. The maximum absolute atomic E-state index is 6.25. The van der Waals surface area contributed by atoms with Crippen LogP contribution in [0.3, 0.4) is 0 Å². The average molecular weight is 320 g/mol. The third-order valence-corrected chi connectivity index (χ3v) is 3.81. The van der Waals surface area contributed by atoms with Gasteiger partial charge in [0.15, 0.2) is 0 Å². The van der Waals surface area contributed by atoms with Gasteiger partial charge in [0.05, 0.1) is 19.8 Å². The number of rotatable bonds is 4. The van der Waals surface area contributed by atoms with Gasteiger partial charge in [-0.15, -0.1) is 12.4 Å². The lowest BCUT2D eigenvalue weighted by atomic mass is 10.0. The number of morpholine rings is 1. The van der Waals surface area contributed by atoms with Crippen LogP contribution in [-0.2, 0) is 21.9 Å². The number of hydrogen-bond acceptors (Lipinski definition) is 3. The average Bonchev–Trinajstić information content (AvgIpc) is 2.55. The summed E-state index contributed by atoms with van der Waals surface area (Å²) in [5.41, 5.74) is 2.23. The lowest BCUT2D eigenvalue weighted by molar-refractivity contribution is -0.280. The van der Waals surface area contributed by atoms with Crippen molar-refractivity contribution < 1.29 is 9.47 Å². The van der Waals surface area contributed by atoms with E-state index in [1.165, 1.54) is 0 Å². The molecule has 3 nitrogen and oxygen atoms in total. The second-order valence-corrected chi connectivity index (χ2v) is 5.48. The highest BCUT2D eigenvalue weighted by atomic mass is 35.5. The maximum Gasteiger partial charge on any atom is 0.208 e. The van der Waals surface area contributed by atoms with Crippen LogP contribution < -0.4 is 0 Å². The number of halogens is 1. The van der Waals surface area contributed by atoms with Crippen molar-refractivity contribution in [3.05, 3.63) is 71.8 Å². The van der Waals surface area contributed by atoms with Crippen molar-refractivity contribution in [1.29, 1.82) is 0 Å². The van der Waals surface area contributed by atoms with Crippen molar-refractivity contribution >= 4 is 12.4 Å². The zero-order valence-corrected chi connectivity index (χ0v) is 13.6. The van der Waals surface area contributed by atoms with Crippen LogP contribution in [0.25, 0.3) is 0 Å². The van der Waals surface area contributed by atoms with Gasteiger partial charge in [-0.1, -0.05) is 60.7 Å². The Hall–Kier alpha value is -1.39. The van der Waals surface area contributed by atoms with Crippen LogP contribution in [0, 0.1) is 0 Å². The van der Waals surface area contributed by atoms with Crippen LogP contribution in [0.5, 0.6) is 0 Å². The summed E-state index contributed by atoms with van der Waals surface area (Å²) in [6.07, 6.45) is 0. The Kier molecular flexibility index (Phi) is 5.98. The Morgan fingerprint density at radius 3 is 2.32 bits per heavy atom. The highest BCUT2D eigenvalue weighted by molar-refractivity contribution is 5.85. The topological polar surface area (TPSA) is 21.7 Å². The van der Waals surface area contributed by atoms with E-state index in [-0.39, 0.29) is 12.4 Å². The fraction of sp³-hybridized carbons (Fsp3) is 0.333. The van der Waals surface area contributed by atoms with Gasteiger partial charge in [0.1, 0.15) is 0 Å². The van der Waals surface area contributed by atoms with Gasteiger partial charge in [0.25, 0.3) is 0 Å². The fourth-order valence-electron chi connectivity index (χ4n) is 2.66. The van der Waals surface area contributed by atoms with Crippen LogP contribution in [0.4, 0.5) is 0 Å². The standard InChI is InChI=1S/C18H21NO2.ClH/c1-19-12-13-20-18(15-19,17-10-6-3-7-11-17)21-14-16-8-4-2-5-9-16;/h2-11H,12-15H2,1H3;1H. The number of likely N-dealkylation sites (N-methyl/N-ethyl adjacent to an activating group) is 1. The smallest absolute Gasteiger partial charge is 0.208 e. The third-order valence-electron chi connectivity index (χ3n) is 3.81. The summed E-state index contributed by atoms with van der Waals surface area (Å²) >= 11 is 0. The normalized spacial score (nSPS) is 22.0. The predicted octanol–water partition coefficient (Wildman–Crippen LogP) is 3.44. The second kappa shape index (κ2) is 7.75. The molecule has 0 spiro atoms. The molecule has 1 heterocycles. The van der Waals surface area contributed by atoms with E-state index in [4.69, 9.17) is 9.47 Å². The first kappa shape index (κ1) is 17.0. The number of benzene rings is 2. The van der Waals surface area contributed by atoms with Crippen molar-refractivity contribution in [2.45, 2.75) is 12.4 Å². The van der Waals surface area contributed by atoms with Crippen LogP contribution in [0.1, 0.15) is 11.1 Å². The van der Waals surface area contributed by atoms with Gasteiger partial charge in [0, 0.05) is 12.1 Å². The minimum Gasteiger partial charge on any atom is -0.343 e. The number of hydrogen-bond donors (Lipinski definition) is 0. The molecule has 0 radical (unpaired) electrons. The zero-order valence-electron chi connectivity index (χ0n) is 12.8. The van der Waals surface area contributed by atoms with Crippen molar-refractivity contribution in [2.24, 2.45) is 0 Å².